The molecule has 2 nitrogen and oxygen atoms in total. The second-order valence-electron chi connectivity index (χ2n) is 9.25. The van der Waals surface area contributed by atoms with Crippen LogP contribution in [0.5, 0.6) is 0 Å². The van der Waals surface area contributed by atoms with Gasteiger partial charge in [-0.25, -0.2) is 4.39 Å². The molecule has 0 saturated heterocycles. The molecule has 1 amide bonds. The minimum Gasteiger partial charge on any atom is -0.334 e. The maximum atomic E-state index is 14.5. The summed E-state index contributed by atoms with van der Waals surface area (Å²) in [6, 6.07) is 17.2. The topological polar surface area (TPSA) is 20.3 Å². The molecule has 180 valence electrons. The highest BCUT2D eigenvalue weighted by molar-refractivity contribution is 14.1. The van der Waals surface area contributed by atoms with Crippen molar-refractivity contribution in [3.63, 3.8) is 0 Å². The number of amides is 1. The number of halogens is 5. The van der Waals surface area contributed by atoms with Crippen molar-refractivity contribution in [1.82, 2.24) is 4.90 Å². The third-order valence-corrected chi connectivity index (χ3v) is 6.24. The van der Waals surface area contributed by atoms with Crippen LogP contribution in [0.4, 0.5) is 17.6 Å². The highest BCUT2D eigenvalue weighted by atomic mass is 127. The zero-order valence-corrected chi connectivity index (χ0v) is 21.4. The number of nitrogens with zero attached hydrogens (tertiary/aromatic N) is 1. The van der Waals surface area contributed by atoms with Gasteiger partial charge in [-0.2, -0.15) is 13.2 Å². The molecule has 0 unspecified atom stereocenters. The predicted octanol–water partition coefficient (Wildman–Crippen LogP) is 7.63. The highest BCUT2D eigenvalue weighted by Gasteiger charge is 2.30. The number of hydrogen-bond acceptors (Lipinski definition) is 1. The first kappa shape index (κ1) is 26.2. The second-order valence-corrected chi connectivity index (χ2v) is 10.5. The molecule has 0 aromatic heterocycles. The maximum Gasteiger partial charge on any atom is 0.416 e. The Bertz CT molecular complexity index is 1150. The van der Waals surface area contributed by atoms with Gasteiger partial charge >= 0.3 is 6.18 Å². The van der Waals surface area contributed by atoms with E-state index in [2.05, 4.69) is 20.8 Å². The first-order valence-corrected chi connectivity index (χ1v) is 11.9. The molecular formula is C27H26F4INO. The molecule has 3 aromatic rings. The second kappa shape index (κ2) is 10.5. The molecule has 0 aliphatic heterocycles. The third-order valence-electron chi connectivity index (χ3n) is 5.56. The van der Waals surface area contributed by atoms with Gasteiger partial charge in [-0.15, -0.1) is 0 Å². The number of carbonyl (C=O) groups is 1. The van der Waals surface area contributed by atoms with Gasteiger partial charge in [0.25, 0.3) is 5.91 Å². The van der Waals surface area contributed by atoms with Crippen LogP contribution in [0.3, 0.4) is 0 Å². The molecule has 0 aliphatic carbocycles. The van der Waals surface area contributed by atoms with Crippen molar-refractivity contribution in [2.75, 3.05) is 6.54 Å². The normalized spacial score (nSPS) is 12.0. The number of alkyl halides is 3. The Labute approximate surface area is 211 Å². The molecular weight excluding hydrogens is 557 g/mol. The van der Waals surface area contributed by atoms with E-state index in [0.717, 1.165) is 26.8 Å². The quantitative estimate of drug-likeness (QED) is 0.216. The van der Waals surface area contributed by atoms with E-state index in [1.165, 1.54) is 23.1 Å². The van der Waals surface area contributed by atoms with Gasteiger partial charge in [0.1, 0.15) is 5.82 Å². The number of rotatable bonds is 6. The molecule has 0 heterocycles. The molecule has 7 heteroatoms. The van der Waals surface area contributed by atoms with E-state index in [1.807, 2.05) is 46.9 Å². The molecule has 0 saturated carbocycles. The molecule has 34 heavy (non-hydrogen) atoms. The van der Waals surface area contributed by atoms with Gasteiger partial charge in [-0.1, -0.05) is 63.2 Å². The summed E-state index contributed by atoms with van der Waals surface area (Å²) in [5, 5.41) is 0. The van der Waals surface area contributed by atoms with Crippen LogP contribution >= 0.6 is 22.6 Å². The zero-order chi connectivity index (χ0) is 25.1. The van der Waals surface area contributed by atoms with Crippen LogP contribution in [0.2, 0.25) is 0 Å². The summed E-state index contributed by atoms with van der Waals surface area (Å²) in [7, 11) is 0. The highest BCUT2D eigenvalue weighted by Crippen LogP contribution is 2.30. The molecule has 0 atom stereocenters. The third kappa shape index (κ3) is 6.81. The Morgan fingerprint density at radius 3 is 2.18 bits per heavy atom. The first-order valence-electron chi connectivity index (χ1n) is 10.8. The molecule has 0 fully saturated rings. The molecule has 0 N–H and O–H groups in total. The van der Waals surface area contributed by atoms with Gasteiger partial charge < -0.3 is 4.90 Å². The van der Waals surface area contributed by atoms with Crippen LogP contribution in [0, 0.1) is 9.39 Å². The molecule has 0 spiro atoms. The lowest BCUT2D eigenvalue weighted by atomic mass is 9.87. The predicted molar refractivity (Wildman–Crippen MR) is 134 cm³/mol. The van der Waals surface area contributed by atoms with E-state index in [-0.39, 0.29) is 30.5 Å². The van der Waals surface area contributed by atoms with E-state index < -0.39 is 23.5 Å². The monoisotopic (exact) mass is 583 g/mol. The minimum atomic E-state index is -4.44. The fraction of sp³-hybridized carbons (Fsp3) is 0.296. The van der Waals surface area contributed by atoms with Crippen LogP contribution < -0.4 is 0 Å². The van der Waals surface area contributed by atoms with Gasteiger partial charge in [0.15, 0.2) is 0 Å². The molecule has 0 bridgehead atoms. The van der Waals surface area contributed by atoms with E-state index in [1.54, 1.807) is 12.1 Å². The summed E-state index contributed by atoms with van der Waals surface area (Å²) in [6.45, 7) is 6.67. The summed E-state index contributed by atoms with van der Waals surface area (Å²) in [6.07, 6.45) is -4.23. The lowest BCUT2D eigenvalue weighted by Gasteiger charge is -2.25. The van der Waals surface area contributed by atoms with E-state index in [4.69, 9.17) is 0 Å². The van der Waals surface area contributed by atoms with Gasteiger partial charge in [0.2, 0.25) is 0 Å². The van der Waals surface area contributed by atoms with Gasteiger partial charge in [0.05, 0.1) is 11.1 Å². The van der Waals surface area contributed by atoms with E-state index in [0.29, 0.717) is 5.56 Å². The maximum absolute atomic E-state index is 14.5. The number of benzene rings is 3. The first-order chi connectivity index (χ1) is 15.8. The van der Waals surface area contributed by atoms with Crippen LogP contribution in [-0.2, 0) is 24.6 Å². The largest absolute Gasteiger partial charge is 0.416 e. The Kier molecular flexibility index (Phi) is 8.06. The Morgan fingerprint density at radius 2 is 1.56 bits per heavy atom. The summed E-state index contributed by atoms with van der Waals surface area (Å²) >= 11 is 2.01. The molecule has 3 rings (SSSR count). The standard InChI is InChI=1S/C27H26F4INO/c1-26(2,3)20-9-7-19(8-10-20)17-33(25(34)23-16-22(32)11-12-24(23)28)14-13-18-5-4-6-21(15-18)27(29,30)31/h4-12,15-16H,13-14,17H2,1-3H3. The van der Waals surface area contributed by atoms with Crippen molar-refractivity contribution >= 4 is 28.5 Å². The molecule has 0 aliphatic rings. The van der Waals surface area contributed by atoms with Crippen molar-refractivity contribution in [2.24, 2.45) is 0 Å². The lowest BCUT2D eigenvalue weighted by molar-refractivity contribution is -0.137. The van der Waals surface area contributed by atoms with Crippen molar-refractivity contribution in [2.45, 2.75) is 45.3 Å². The smallest absolute Gasteiger partial charge is 0.334 e. The van der Waals surface area contributed by atoms with Gasteiger partial charge in [-0.3, -0.25) is 4.79 Å². The van der Waals surface area contributed by atoms with Crippen LogP contribution in [0.25, 0.3) is 0 Å². The van der Waals surface area contributed by atoms with Crippen LogP contribution in [0.1, 0.15) is 53.4 Å². The summed E-state index contributed by atoms with van der Waals surface area (Å²) < 4.78 is 54.5. The molecule has 3 aromatic carbocycles. The fourth-order valence-corrected chi connectivity index (χ4v) is 4.07. The minimum absolute atomic E-state index is 0.0264. The van der Waals surface area contributed by atoms with Crippen molar-refractivity contribution in [1.29, 1.82) is 0 Å². The van der Waals surface area contributed by atoms with Gasteiger partial charge in [-0.05, 0) is 75.4 Å². The summed E-state index contributed by atoms with van der Waals surface area (Å²) in [4.78, 5) is 14.8. The summed E-state index contributed by atoms with van der Waals surface area (Å²) in [5.74, 6) is -1.12. The Morgan fingerprint density at radius 1 is 0.882 bits per heavy atom. The van der Waals surface area contributed by atoms with E-state index in [9.17, 15) is 22.4 Å². The van der Waals surface area contributed by atoms with Crippen LogP contribution in [0.15, 0.2) is 66.7 Å². The van der Waals surface area contributed by atoms with Crippen LogP contribution in [-0.4, -0.2) is 17.4 Å². The summed E-state index contributed by atoms with van der Waals surface area (Å²) in [5.41, 5.74) is 1.64. The Hall–Kier alpha value is -2.42. The number of carbonyl (C=O) groups excluding carboxylic acids is 1. The molecule has 0 radical (unpaired) electrons. The SMILES string of the molecule is CC(C)(C)c1ccc(CN(CCc2cccc(C(F)(F)F)c2)C(=O)c2cc(I)ccc2F)cc1. The average Bonchev–Trinajstić information content (AvgIpc) is 2.77. The van der Waals surface area contributed by atoms with Gasteiger partial charge in [0, 0.05) is 16.7 Å². The Balaban J connectivity index is 1.87. The zero-order valence-electron chi connectivity index (χ0n) is 19.2. The number of hydrogen-bond donors (Lipinski definition) is 0. The van der Waals surface area contributed by atoms with Crippen molar-refractivity contribution in [3.05, 3.63) is 104 Å². The van der Waals surface area contributed by atoms with Crippen molar-refractivity contribution < 1.29 is 22.4 Å². The fourth-order valence-electron chi connectivity index (χ4n) is 3.58. The average molecular weight is 583 g/mol. The van der Waals surface area contributed by atoms with E-state index >= 15 is 0 Å². The van der Waals surface area contributed by atoms with Crippen molar-refractivity contribution in [3.8, 4) is 0 Å². The lowest BCUT2D eigenvalue weighted by Crippen LogP contribution is -2.33.